The number of nitrogens with zero attached hydrogens (tertiary/aromatic N) is 3. The molecular formula is C23H18BrN3. The monoisotopic (exact) mass is 415 g/mol. The van der Waals surface area contributed by atoms with Crippen LogP contribution >= 0.6 is 15.9 Å². The minimum atomic E-state index is -0.440. The zero-order chi connectivity index (χ0) is 18.6. The SMILES string of the molecule is N#C[C@@H](c1ccc(Br)cc1)N1N=C(c2ccccc2)C[C@@H]1c1ccccc1. The van der Waals surface area contributed by atoms with Crippen LogP contribution in [-0.4, -0.2) is 10.7 Å². The van der Waals surface area contributed by atoms with Crippen molar-refractivity contribution in [2.75, 3.05) is 0 Å². The Bertz CT molecular complexity index is 976. The predicted molar refractivity (Wildman–Crippen MR) is 111 cm³/mol. The molecule has 0 saturated carbocycles. The molecule has 3 aromatic carbocycles. The van der Waals surface area contributed by atoms with Gasteiger partial charge in [0.2, 0.25) is 0 Å². The van der Waals surface area contributed by atoms with Gasteiger partial charge in [-0.1, -0.05) is 88.7 Å². The summed E-state index contributed by atoms with van der Waals surface area (Å²) in [7, 11) is 0. The molecule has 0 spiro atoms. The van der Waals surface area contributed by atoms with Crippen molar-refractivity contribution in [3.8, 4) is 6.07 Å². The van der Waals surface area contributed by atoms with Gasteiger partial charge in [0, 0.05) is 10.9 Å². The summed E-state index contributed by atoms with van der Waals surface area (Å²) in [6.45, 7) is 0. The summed E-state index contributed by atoms with van der Waals surface area (Å²) in [5.41, 5.74) is 4.24. The predicted octanol–water partition coefficient (Wildman–Crippen LogP) is 5.87. The topological polar surface area (TPSA) is 39.4 Å². The second-order valence-corrected chi connectivity index (χ2v) is 7.42. The van der Waals surface area contributed by atoms with Gasteiger partial charge in [0.25, 0.3) is 0 Å². The van der Waals surface area contributed by atoms with Crippen LogP contribution in [0.5, 0.6) is 0 Å². The average molecular weight is 416 g/mol. The van der Waals surface area contributed by atoms with E-state index in [1.807, 2.05) is 65.7 Å². The van der Waals surface area contributed by atoms with E-state index < -0.39 is 6.04 Å². The number of hydrazone groups is 1. The Kier molecular flexibility index (Phi) is 5.04. The minimum Gasteiger partial charge on any atom is -0.267 e. The van der Waals surface area contributed by atoms with Crippen molar-refractivity contribution < 1.29 is 0 Å². The normalized spacial score (nSPS) is 17.3. The molecule has 4 rings (SSSR count). The fraction of sp³-hybridized carbons (Fsp3) is 0.130. The second kappa shape index (κ2) is 7.77. The molecule has 1 heterocycles. The van der Waals surface area contributed by atoms with Crippen molar-refractivity contribution in [1.29, 1.82) is 5.26 Å². The molecule has 3 aromatic rings. The Balaban J connectivity index is 1.76. The Hall–Kier alpha value is -2.90. The summed E-state index contributed by atoms with van der Waals surface area (Å²) in [4.78, 5) is 0. The first-order valence-electron chi connectivity index (χ1n) is 8.87. The zero-order valence-electron chi connectivity index (χ0n) is 14.7. The third-order valence-corrected chi connectivity index (χ3v) is 5.33. The first kappa shape index (κ1) is 17.5. The van der Waals surface area contributed by atoms with E-state index in [-0.39, 0.29) is 6.04 Å². The molecule has 1 aliphatic heterocycles. The van der Waals surface area contributed by atoms with Crippen LogP contribution in [0, 0.1) is 11.3 Å². The molecule has 1 aliphatic rings. The molecule has 4 heteroatoms. The quantitative estimate of drug-likeness (QED) is 0.534. The average Bonchev–Trinajstić information content (AvgIpc) is 3.16. The van der Waals surface area contributed by atoms with Crippen LogP contribution in [0.15, 0.2) is 94.5 Å². The van der Waals surface area contributed by atoms with E-state index in [2.05, 4.69) is 46.3 Å². The van der Waals surface area contributed by atoms with Gasteiger partial charge in [-0.15, -0.1) is 0 Å². The summed E-state index contributed by atoms with van der Waals surface area (Å²) in [5.74, 6) is 0. The molecule has 0 aromatic heterocycles. The van der Waals surface area contributed by atoms with E-state index in [9.17, 15) is 5.26 Å². The maximum Gasteiger partial charge on any atom is 0.159 e. The Morgan fingerprint density at radius 2 is 1.56 bits per heavy atom. The lowest BCUT2D eigenvalue weighted by Crippen LogP contribution is -2.24. The van der Waals surface area contributed by atoms with E-state index in [4.69, 9.17) is 5.10 Å². The first-order valence-corrected chi connectivity index (χ1v) is 9.67. The highest BCUT2D eigenvalue weighted by Gasteiger charge is 2.34. The molecule has 0 bridgehead atoms. The molecule has 27 heavy (non-hydrogen) atoms. The molecule has 2 atom stereocenters. The van der Waals surface area contributed by atoms with Crippen molar-refractivity contribution in [2.24, 2.45) is 5.10 Å². The smallest absolute Gasteiger partial charge is 0.159 e. The maximum absolute atomic E-state index is 9.96. The third kappa shape index (κ3) is 3.65. The summed E-state index contributed by atoms with van der Waals surface area (Å²) in [6, 6.07) is 30.5. The molecule has 0 saturated heterocycles. The first-order chi connectivity index (χ1) is 13.3. The molecule has 0 radical (unpaired) electrons. The van der Waals surface area contributed by atoms with Gasteiger partial charge in [-0.3, -0.25) is 5.01 Å². The van der Waals surface area contributed by atoms with Crippen LogP contribution in [0.25, 0.3) is 0 Å². The zero-order valence-corrected chi connectivity index (χ0v) is 16.3. The number of hydrogen-bond acceptors (Lipinski definition) is 3. The Morgan fingerprint density at radius 3 is 2.19 bits per heavy atom. The number of rotatable bonds is 4. The summed E-state index contributed by atoms with van der Waals surface area (Å²) >= 11 is 3.46. The minimum absolute atomic E-state index is 0.0368. The van der Waals surface area contributed by atoms with Crippen molar-refractivity contribution >= 4 is 21.6 Å². The number of nitriles is 1. The van der Waals surface area contributed by atoms with Crippen molar-refractivity contribution in [3.05, 3.63) is 106 Å². The van der Waals surface area contributed by atoms with Crippen molar-refractivity contribution in [3.63, 3.8) is 0 Å². The number of benzene rings is 3. The standard InChI is InChI=1S/C23H18BrN3/c24-20-13-11-19(12-14-20)23(16-25)27-22(18-9-5-2-6-10-18)15-21(26-27)17-7-3-1-4-8-17/h1-14,22-23H,15H2/t22-,23+/m1/s1. The van der Waals surface area contributed by atoms with Gasteiger partial charge >= 0.3 is 0 Å². The van der Waals surface area contributed by atoms with Crippen LogP contribution in [0.3, 0.4) is 0 Å². The second-order valence-electron chi connectivity index (χ2n) is 6.51. The van der Waals surface area contributed by atoms with Crippen molar-refractivity contribution in [2.45, 2.75) is 18.5 Å². The van der Waals surface area contributed by atoms with Gasteiger partial charge in [0.15, 0.2) is 6.04 Å². The van der Waals surface area contributed by atoms with E-state index in [0.717, 1.165) is 27.7 Å². The lowest BCUT2D eigenvalue weighted by molar-refractivity contribution is 0.196. The van der Waals surface area contributed by atoms with Crippen molar-refractivity contribution in [1.82, 2.24) is 5.01 Å². The lowest BCUT2D eigenvalue weighted by Gasteiger charge is -2.28. The van der Waals surface area contributed by atoms with Crippen LogP contribution < -0.4 is 0 Å². The molecule has 0 aliphatic carbocycles. The molecule has 0 N–H and O–H groups in total. The van der Waals surface area contributed by atoms with Crippen LogP contribution in [0.1, 0.15) is 35.2 Å². The van der Waals surface area contributed by atoms with Gasteiger partial charge in [-0.2, -0.15) is 10.4 Å². The molecule has 132 valence electrons. The Morgan fingerprint density at radius 1 is 0.926 bits per heavy atom. The maximum atomic E-state index is 9.96. The fourth-order valence-electron chi connectivity index (χ4n) is 3.45. The van der Waals surface area contributed by atoms with E-state index in [1.54, 1.807) is 0 Å². The molecule has 0 fully saturated rings. The summed E-state index contributed by atoms with van der Waals surface area (Å²) < 4.78 is 0.998. The lowest BCUT2D eigenvalue weighted by atomic mass is 9.97. The van der Waals surface area contributed by atoms with Gasteiger partial charge in [0.1, 0.15) is 0 Å². The van der Waals surface area contributed by atoms with E-state index in [0.29, 0.717) is 0 Å². The highest BCUT2D eigenvalue weighted by atomic mass is 79.9. The van der Waals surface area contributed by atoms with Crippen LogP contribution in [-0.2, 0) is 0 Å². The molecule has 0 amide bonds. The van der Waals surface area contributed by atoms with Gasteiger partial charge < -0.3 is 0 Å². The largest absolute Gasteiger partial charge is 0.267 e. The number of hydrogen-bond donors (Lipinski definition) is 0. The fourth-order valence-corrected chi connectivity index (χ4v) is 3.71. The van der Waals surface area contributed by atoms with Crippen LogP contribution in [0.2, 0.25) is 0 Å². The van der Waals surface area contributed by atoms with E-state index >= 15 is 0 Å². The third-order valence-electron chi connectivity index (χ3n) is 4.81. The molecule has 0 unspecified atom stereocenters. The Labute approximate surface area is 167 Å². The van der Waals surface area contributed by atoms with Gasteiger partial charge in [-0.05, 0) is 28.8 Å². The number of halogens is 1. The summed E-state index contributed by atoms with van der Waals surface area (Å²) in [5, 5.41) is 16.8. The highest BCUT2D eigenvalue weighted by molar-refractivity contribution is 9.10. The van der Waals surface area contributed by atoms with E-state index in [1.165, 1.54) is 5.56 Å². The van der Waals surface area contributed by atoms with Crippen LogP contribution in [0.4, 0.5) is 0 Å². The van der Waals surface area contributed by atoms with Gasteiger partial charge in [-0.25, -0.2) is 0 Å². The molecular weight excluding hydrogens is 398 g/mol. The summed E-state index contributed by atoms with van der Waals surface area (Å²) in [6.07, 6.45) is 0.780. The van der Waals surface area contributed by atoms with Gasteiger partial charge in [0.05, 0.1) is 17.8 Å². The highest BCUT2D eigenvalue weighted by Crippen LogP contribution is 2.39. The molecule has 3 nitrogen and oxygen atoms in total.